The molecule has 0 heterocycles. The number of carboxylic acid groups (broad SMARTS) is 1. The molecule has 0 aliphatic rings. The Morgan fingerprint density at radius 1 is 1.24 bits per heavy atom. The fraction of sp³-hybridized carbons (Fsp3) is 0.357. The number of anilines is 1. The zero-order chi connectivity index (χ0) is 16.0. The Balaban J connectivity index is 2.78. The molecule has 1 rings (SSSR count). The molecule has 3 amide bonds. The van der Waals surface area contributed by atoms with Gasteiger partial charge in [-0.2, -0.15) is 0 Å². The van der Waals surface area contributed by atoms with E-state index in [4.69, 9.17) is 10.8 Å². The molecule has 2 atom stereocenters. The van der Waals surface area contributed by atoms with E-state index in [9.17, 15) is 14.4 Å². The molecule has 0 aromatic heterocycles. The maximum Gasteiger partial charge on any atom is 0.326 e. The number of nitrogens with one attached hydrogen (secondary N) is 2. The van der Waals surface area contributed by atoms with E-state index >= 15 is 0 Å². The van der Waals surface area contributed by atoms with Crippen LogP contribution in [0.15, 0.2) is 24.3 Å². The summed E-state index contributed by atoms with van der Waals surface area (Å²) >= 11 is 0. The summed E-state index contributed by atoms with van der Waals surface area (Å²) in [6.45, 7) is 3.62. The first kappa shape index (κ1) is 16.5. The first-order chi connectivity index (χ1) is 9.85. The standard InChI is InChI=1S/C14H19N3O4/c1-3-8(2)11(13(19)20)17-12(18)9-4-6-10(7-5-9)16-14(15)21/h4-8,11H,3H2,1-2H3,(H,17,18)(H,19,20)(H3,15,16,21). The molecule has 0 fully saturated rings. The van der Waals surface area contributed by atoms with E-state index in [1.165, 1.54) is 24.3 Å². The van der Waals surface area contributed by atoms with E-state index in [0.29, 0.717) is 17.7 Å². The molecule has 0 saturated carbocycles. The van der Waals surface area contributed by atoms with Crippen LogP contribution in [0.3, 0.4) is 0 Å². The number of aliphatic carboxylic acids is 1. The second kappa shape index (κ2) is 7.28. The number of hydrogen-bond donors (Lipinski definition) is 4. The summed E-state index contributed by atoms with van der Waals surface area (Å²) in [4.78, 5) is 33.9. The highest BCUT2D eigenvalue weighted by molar-refractivity contribution is 5.97. The van der Waals surface area contributed by atoms with Gasteiger partial charge in [0.1, 0.15) is 6.04 Å². The van der Waals surface area contributed by atoms with Crippen molar-refractivity contribution in [2.75, 3.05) is 5.32 Å². The molecule has 7 heteroatoms. The van der Waals surface area contributed by atoms with Crippen LogP contribution in [0.25, 0.3) is 0 Å². The molecular formula is C14H19N3O4. The number of nitrogens with two attached hydrogens (primary N) is 1. The van der Waals surface area contributed by atoms with Crippen molar-refractivity contribution in [3.05, 3.63) is 29.8 Å². The number of hydrogen-bond acceptors (Lipinski definition) is 3. The van der Waals surface area contributed by atoms with Crippen molar-refractivity contribution in [2.24, 2.45) is 11.7 Å². The smallest absolute Gasteiger partial charge is 0.326 e. The van der Waals surface area contributed by atoms with Crippen LogP contribution in [0.5, 0.6) is 0 Å². The van der Waals surface area contributed by atoms with Gasteiger partial charge in [0.15, 0.2) is 0 Å². The molecule has 5 N–H and O–H groups in total. The van der Waals surface area contributed by atoms with Gasteiger partial charge in [-0.25, -0.2) is 9.59 Å². The van der Waals surface area contributed by atoms with Gasteiger partial charge >= 0.3 is 12.0 Å². The number of rotatable bonds is 6. The van der Waals surface area contributed by atoms with Gasteiger partial charge in [0.05, 0.1) is 0 Å². The lowest BCUT2D eigenvalue weighted by atomic mass is 9.99. The quantitative estimate of drug-likeness (QED) is 0.633. The molecule has 114 valence electrons. The average Bonchev–Trinajstić information content (AvgIpc) is 2.43. The Morgan fingerprint density at radius 2 is 1.81 bits per heavy atom. The van der Waals surface area contributed by atoms with Crippen molar-refractivity contribution in [1.82, 2.24) is 5.32 Å². The molecule has 0 radical (unpaired) electrons. The molecule has 0 spiro atoms. The zero-order valence-corrected chi connectivity index (χ0v) is 11.9. The topological polar surface area (TPSA) is 122 Å². The van der Waals surface area contributed by atoms with Gasteiger partial charge in [0.25, 0.3) is 5.91 Å². The lowest BCUT2D eigenvalue weighted by molar-refractivity contribution is -0.140. The van der Waals surface area contributed by atoms with Gasteiger partial charge in [-0.05, 0) is 30.2 Å². The summed E-state index contributed by atoms with van der Waals surface area (Å²) in [7, 11) is 0. The summed E-state index contributed by atoms with van der Waals surface area (Å²) < 4.78 is 0. The highest BCUT2D eigenvalue weighted by Gasteiger charge is 2.25. The summed E-state index contributed by atoms with van der Waals surface area (Å²) in [5.74, 6) is -1.72. The number of urea groups is 1. The minimum absolute atomic E-state index is 0.178. The minimum Gasteiger partial charge on any atom is -0.480 e. The lowest BCUT2D eigenvalue weighted by Gasteiger charge is -2.20. The summed E-state index contributed by atoms with van der Waals surface area (Å²) in [5.41, 5.74) is 5.74. The van der Waals surface area contributed by atoms with Gasteiger partial charge in [0, 0.05) is 11.3 Å². The number of carboxylic acids is 1. The number of carbonyl (C=O) groups excluding carboxylic acids is 2. The molecule has 1 aromatic carbocycles. The van der Waals surface area contributed by atoms with Crippen molar-refractivity contribution in [2.45, 2.75) is 26.3 Å². The largest absolute Gasteiger partial charge is 0.480 e. The molecule has 21 heavy (non-hydrogen) atoms. The lowest BCUT2D eigenvalue weighted by Crippen LogP contribution is -2.45. The van der Waals surface area contributed by atoms with Gasteiger partial charge in [-0.1, -0.05) is 20.3 Å². The van der Waals surface area contributed by atoms with Crippen LogP contribution in [0.1, 0.15) is 30.6 Å². The first-order valence-electron chi connectivity index (χ1n) is 6.55. The molecule has 7 nitrogen and oxygen atoms in total. The Kier molecular flexibility index (Phi) is 5.71. The van der Waals surface area contributed by atoms with Crippen LogP contribution in [-0.4, -0.2) is 29.1 Å². The van der Waals surface area contributed by atoms with Crippen LogP contribution in [0, 0.1) is 5.92 Å². The second-order valence-corrected chi connectivity index (χ2v) is 4.74. The number of primary amides is 1. The van der Waals surface area contributed by atoms with E-state index in [2.05, 4.69) is 10.6 Å². The fourth-order valence-electron chi connectivity index (χ4n) is 1.75. The highest BCUT2D eigenvalue weighted by Crippen LogP contribution is 2.12. The van der Waals surface area contributed by atoms with E-state index in [-0.39, 0.29) is 5.92 Å². The molecular weight excluding hydrogens is 274 g/mol. The molecule has 2 unspecified atom stereocenters. The Morgan fingerprint density at radius 3 is 2.24 bits per heavy atom. The highest BCUT2D eigenvalue weighted by atomic mass is 16.4. The van der Waals surface area contributed by atoms with E-state index in [1.807, 2.05) is 6.92 Å². The summed E-state index contributed by atoms with van der Waals surface area (Å²) in [6, 6.07) is 4.35. The van der Waals surface area contributed by atoms with Crippen molar-refractivity contribution >= 4 is 23.6 Å². The molecule has 0 aliphatic heterocycles. The Labute approximate surface area is 122 Å². The minimum atomic E-state index is -1.07. The number of amides is 3. The van der Waals surface area contributed by atoms with Crippen molar-refractivity contribution in [1.29, 1.82) is 0 Å². The van der Waals surface area contributed by atoms with E-state index in [1.54, 1.807) is 6.92 Å². The predicted octanol–water partition coefficient (Wildman–Crippen LogP) is 1.41. The molecule has 0 aliphatic carbocycles. The first-order valence-corrected chi connectivity index (χ1v) is 6.55. The van der Waals surface area contributed by atoms with Crippen LogP contribution in [0.2, 0.25) is 0 Å². The Bertz CT molecular complexity index is 528. The predicted molar refractivity (Wildman–Crippen MR) is 78.0 cm³/mol. The summed E-state index contributed by atoms with van der Waals surface area (Å²) in [5, 5.41) is 14.0. The third-order valence-corrected chi connectivity index (χ3v) is 3.18. The third kappa shape index (κ3) is 4.79. The van der Waals surface area contributed by atoms with Gasteiger partial charge < -0.3 is 21.5 Å². The maximum atomic E-state index is 12.0. The zero-order valence-electron chi connectivity index (χ0n) is 11.9. The fourth-order valence-corrected chi connectivity index (χ4v) is 1.75. The SMILES string of the molecule is CCC(C)C(NC(=O)c1ccc(NC(N)=O)cc1)C(=O)O. The summed E-state index contributed by atoms with van der Waals surface area (Å²) in [6.07, 6.45) is 0.638. The second-order valence-electron chi connectivity index (χ2n) is 4.74. The monoisotopic (exact) mass is 293 g/mol. The van der Waals surface area contributed by atoms with Gasteiger partial charge in [-0.3, -0.25) is 4.79 Å². The van der Waals surface area contributed by atoms with Gasteiger partial charge in [-0.15, -0.1) is 0 Å². The van der Waals surface area contributed by atoms with Crippen molar-refractivity contribution in [3.63, 3.8) is 0 Å². The van der Waals surface area contributed by atoms with Crippen LogP contribution in [-0.2, 0) is 4.79 Å². The number of benzene rings is 1. The average molecular weight is 293 g/mol. The van der Waals surface area contributed by atoms with E-state index in [0.717, 1.165) is 0 Å². The third-order valence-electron chi connectivity index (χ3n) is 3.18. The van der Waals surface area contributed by atoms with Crippen LogP contribution >= 0.6 is 0 Å². The van der Waals surface area contributed by atoms with Crippen LogP contribution in [0.4, 0.5) is 10.5 Å². The van der Waals surface area contributed by atoms with Crippen molar-refractivity contribution < 1.29 is 19.5 Å². The molecule has 0 bridgehead atoms. The van der Waals surface area contributed by atoms with Gasteiger partial charge in [0.2, 0.25) is 0 Å². The van der Waals surface area contributed by atoms with Crippen LogP contribution < -0.4 is 16.4 Å². The number of carbonyl (C=O) groups is 3. The maximum absolute atomic E-state index is 12.0. The Hall–Kier alpha value is -2.57. The van der Waals surface area contributed by atoms with E-state index < -0.39 is 23.9 Å². The normalized spacial score (nSPS) is 13.0. The molecule has 1 aromatic rings. The molecule has 0 saturated heterocycles. The van der Waals surface area contributed by atoms with Crippen molar-refractivity contribution in [3.8, 4) is 0 Å².